The molecule has 6 nitrogen and oxygen atoms in total. The highest BCUT2D eigenvalue weighted by molar-refractivity contribution is 6.27. The Hall–Kier alpha value is -2.60. The molecule has 3 rings (SSSR count). The van der Waals surface area contributed by atoms with Crippen LogP contribution >= 0.6 is 0 Å². The molecule has 0 saturated carbocycles. The summed E-state index contributed by atoms with van der Waals surface area (Å²) in [6.45, 7) is 3.42. The number of carboxylic acids is 2. The molecule has 0 amide bonds. The van der Waals surface area contributed by atoms with Crippen LogP contribution in [-0.2, 0) is 36.0 Å². The number of benzene rings is 1. The Morgan fingerprint density at radius 1 is 1.00 bits per heavy atom. The van der Waals surface area contributed by atoms with Gasteiger partial charge in [0.05, 0.1) is 0 Å². The number of aliphatic carboxylic acids is 2. The number of aryl methyl sites for hydroxylation is 1. The second kappa shape index (κ2) is 8.31. The maximum Gasteiger partial charge on any atom is 0.414 e. The molecule has 1 aliphatic heterocycles. The molecule has 0 unspecified atom stereocenters. The summed E-state index contributed by atoms with van der Waals surface area (Å²) in [5.41, 5.74) is 4.47. The Balaban J connectivity index is 0.000000301. The smallest absolute Gasteiger partial charge is 0.414 e. The Morgan fingerprint density at radius 3 is 2.25 bits per heavy atom. The molecule has 0 saturated heterocycles. The molecule has 0 atom stereocenters. The van der Waals surface area contributed by atoms with Gasteiger partial charge in [0, 0.05) is 45.0 Å². The predicted octanol–water partition coefficient (Wildman–Crippen LogP) is 1.78. The number of carboxylic acid groups (broad SMARTS) is 2. The Kier molecular flexibility index (Phi) is 6.14. The summed E-state index contributed by atoms with van der Waals surface area (Å²) in [6, 6.07) is 13.1. The fourth-order valence-electron chi connectivity index (χ4n) is 2.83. The monoisotopic (exact) mass is 330 g/mol. The SMILES string of the molecule is Cn1ccc2c1CCN(Cc1ccccc1)CC2.O=C(O)C(=O)O. The van der Waals surface area contributed by atoms with Crippen molar-refractivity contribution in [2.24, 2.45) is 7.05 Å². The van der Waals surface area contributed by atoms with Crippen molar-refractivity contribution < 1.29 is 19.8 Å². The van der Waals surface area contributed by atoms with Gasteiger partial charge in [0.2, 0.25) is 0 Å². The number of nitrogens with zero attached hydrogens (tertiary/aromatic N) is 2. The molecule has 0 fully saturated rings. The minimum Gasteiger partial charge on any atom is -0.473 e. The van der Waals surface area contributed by atoms with Crippen LogP contribution in [-0.4, -0.2) is 44.7 Å². The quantitative estimate of drug-likeness (QED) is 0.820. The zero-order valence-corrected chi connectivity index (χ0v) is 13.7. The van der Waals surface area contributed by atoms with Gasteiger partial charge in [-0.25, -0.2) is 9.59 Å². The first-order valence-electron chi connectivity index (χ1n) is 7.83. The van der Waals surface area contributed by atoms with Gasteiger partial charge in [0.1, 0.15) is 0 Å². The van der Waals surface area contributed by atoms with E-state index in [9.17, 15) is 0 Å². The van der Waals surface area contributed by atoms with Crippen LogP contribution in [0.2, 0.25) is 0 Å². The van der Waals surface area contributed by atoms with Crippen LogP contribution in [0.4, 0.5) is 0 Å². The van der Waals surface area contributed by atoms with Crippen LogP contribution in [0.1, 0.15) is 16.8 Å². The third-order valence-electron chi connectivity index (χ3n) is 4.09. The van der Waals surface area contributed by atoms with E-state index < -0.39 is 11.9 Å². The number of rotatable bonds is 2. The highest BCUT2D eigenvalue weighted by Gasteiger charge is 2.15. The molecular formula is C18H22N2O4. The molecular weight excluding hydrogens is 308 g/mol. The molecule has 1 aromatic heterocycles. The van der Waals surface area contributed by atoms with Crippen molar-refractivity contribution in [3.63, 3.8) is 0 Å². The largest absolute Gasteiger partial charge is 0.473 e. The van der Waals surface area contributed by atoms with E-state index in [1.54, 1.807) is 0 Å². The van der Waals surface area contributed by atoms with Crippen molar-refractivity contribution >= 4 is 11.9 Å². The molecule has 128 valence electrons. The molecule has 2 N–H and O–H groups in total. The first kappa shape index (κ1) is 17.7. The number of hydrogen-bond donors (Lipinski definition) is 2. The van der Waals surface area contributed by atoms with Gasteiger partial charge >= 0.3 is 11.9 Å². The van der Waals surface area contributed by atoms with Gasteiger partial charge in [-0.2, -0.15) is 0 Å². The van der Waals surface area contributed by atoms with Crippen LogP contribution in [0.5, 0.6) is 0 Å². The van der Waals surface area contributed by atoms with Crippen molar-refractivity contribution in [2.75, 3.05) is 13.1 Å². The molecule has 0 spiro atoms. The molecule has 1 aromatic carbocycles. The average Bonchev–Trinajstić information content (AvgIpc) is 2.78. The summed E-state index contributed by atoms with van der Waals surface area (Å²) in [5, 5.41) is 14.8. The van der Waals surface area contributed by atoms with Crippen molar-refractivity contribution in [1.29, 1.82) is 0 Å². The van der Waals surface area contributed by atoms with Crippen LogP contribution < -0.4 is 0 Å². The Morgan fingerprint density at radius 2 is 1.62 bits per heavy atom. The molecule has 24 heavy (non-hydrogen) atoms. The normalized spacial score (nSPS) is 14.0. The van der Waals surface area contributed by atoms with Gasteiger partial charge in [-0.05, 0) is 23.6 Å². The van der Waals surface area contributed by atoms with E-state index in [1.807, 2.05) is 0 Å². The molecule has 2 heterocycles. The van der Waals surface area contributed by atoms with Gasteiger partial charge in [0.25, 0.3) is 0 Å². The van der Waals surface area contributed by atoms with Crippen molar-refractivity contribution in [3.8, 4) is 0 Å². The maximum absolute atomic E-state index is 9.10. The second-order valence-electron chi connectivity index (χ2n) is 5.77. The van der Waals surface area contributed by atoms with E-state index in [4.69, 9.17) is 19.8 Å². The van der Waals surface area contributed by atoms with Crippen LogP contribution in [0.25, 0.3) is 0 Å². The zero-order chi connectivity index (χ0) is 17.5. The lowest BCUT2D eigenvalue weighted by Crippen LogP contribution is -2.26. The average molecular weight is 330 g/mol. The van der Waals surface area contributed by atoms with E-state index in [-0.39, 0.29) is 0 Å². The van der Waals surface area contributed by atoms with Gasteiger partial charge in [0.15, 0.2) is 0 Å². The summed E-state index contributed by atoms with van der Waals surface area (Å²) in [5.74, 6) is -3.65. The zero-order valence-electron chi connectivity index (χ0n) is 13.7. The summed E-state index contributed by atoms with van der Waals surface area (Å²) in [4.78, 5) is 20.8. The molecule has 0 aliphatic carbocycles. The van der Waals surface area contributed by atoms with Crippen molar-refractivity contribution in [1.82, 2.24) is 9.47 Å². The van der Waals surface area contributed by atoms with E-state index in [0.29, 0.717) is 0 Å². The predicted molar refractivity (Wildman–Crippen MR) is 89.8 cm³/mol. The molecule has 0 radical (unpaired) electrons. The van der Waals surface area contributed by atoms with Crippen LogP contribution in [0.15, 0.2) is 42.6 Å². The minimum atomic E-state index is -1.82. The number of hydrogen-bond acceptors (Lipinski definition) is 3. The van der Waals surface area contributed by atoms with Crippen LogP contribution in [0.3, 0.4) is 0 Å². The van der Waals surface area contributed by atoms with Gasteiger partial charge in [-0.3, -0.25) is 4.90 Å². The standard InChI is InChI=1S/C16H20N2.C2H2O4/c1-17-10-7-15-8-11-18(12-9-16(15)17)13-14-5-3-2-4-6-14;3-1(4)2(5)6/h2-7,10H,8-9,11-13H2,1H3;(H,3,4)(H,5,6). The third-order valence-corrected chi connectivity index (χ3v) is 4.09. The fraction of sp³-hybridized carbons (Fsp3) is 0.333. The first-order valence-corrected chi connectivity index (χ1v) is 7.83. The highest BCUT2D eigenvalue weighted by Crippen LogP contribution is 2.17. The van der Waals surface area contributed by atoms with Crippen molar-refractivity contribution in [3.05, 3.63) is 59.4 Å². The van der Waals surface area contributed by atoms with Gasteiger partial charge < -0.3 is 14.8 Å². The fourth-order valence-corrected chi connectivity index (χ4v) is 2.83. The highest BCUT2D eigenvalue weighted by atomic mass is 16.4. The van der Waals surface area contributed by atoms with Crippen molar-refractivity contribution in [2.45, 2.75) is 19.4 Å². The summed E-state index contributed by atoms with van der Waals surface area (Å²) >= 11 is 0. The van der Waals surface area contributed by atoms with E-state index in [0.717, 1.165) is 6.54 Å². The summed E-state index contributed by atoms with van der Waals surface area (Å²) < 4.78 is 2.28. The van der Waals surface area contributed by atoms with E-state index in [2.05, 4.69) is 59.1 Å². The molecule has 1 aliphatic rings. The van der Waals surface area contributed by atoms with Gasteiger partial charge in [-0.1, -0.05) is 30.3 Å². The number of carbonyl (C=O) groups is 2. The number of aromatic nitrogens is 1. The summed E-state index contributed by atoms with van der Waals surface area (Å²) in [6.07, 6.45) is 4.55. The third kappa shape index (κ3) is 4.96. The Labute approximate surface area is 140 Å². The maximum atomic E-state index is 9.10. The topological polar surface area (TPSA) is 82.8 Å². The second-order valence-corrected chi connectivity index (χ2v) is 5.77. The lowest BCUT2D eigenvalue weighted by Gasteiger charge is -2.19. The lowest BCUT2D eigenvalue weighted by molar-refractivity contribution is -0.159. The lowest BCUT2D eigenvalue weighted by atomic mass is 10.1. The van der Waals surface area contributed by atoms with Gasteiger partial charge in [-0.15, -0.1) is 0 Å². The van der Waals surface area contributed by atoms with E-state index >= 15 is 0 Å². The number of fused-ring (bicyclic) bond motifs is 1. The minimum absolute atomic E-state index is 1.08. The molecule has 6 heteroatoms. The van der Waals surface area contributed by atoms with Crippen LogP contribution in [0, 0.1) is 0 Å². The summed E-state index contributed by atoms with van der Waals surface area (Å²) in [7, 11) is 2.16. The Bertz CT molecular complexity index is 682. The molecule has 2 aromatic rings. The first-order chi connectivity index (χ1) is 11.5. The van der Waals surface area contributed by atoms with E-state index in [1.165, 1.54) is 42.8 Å². The molecule has 0 bridgehead atoms.